The van der Waals surface area contributed by atoms with Gasteiger partial charge in [-0.25, -0.2) is 0 Å². The fourth-order valence-electron chi connectivity index (χ4n) is 2.45. The minimum absolute atomic E-state index is 0.0365. The third-order valence-corrected chi connectivity index (χ3v) is 6.10. The fraction of sp³-hybridized carbons (Fsp3) is 0.100. The summed E-state index contributed by atoms with van der Waals surface area (Å²) in [6, 6.07) is 28.2. The molecule has 0 aliphatic carbocycles. The number of rotatable bonds is 3. The SMILES string of the molecule is Cc1cccc([S+](c2ccccc2)c2ccccc2)c1C. The van der Waals surface area contributed by atoms with Gasteiger partial charge in [0.15, 0.2) is 14.7 Å². The van der Waals surface area contributed by atoms with Crippen molar-refractivity contribution in [2.75, 3.05) is 0 Å². The van der Waals surface area contributed by atoms with Crippen LogP contribution in [0.4, 0.5) is 0 Å². The molecule has 0 bridgehead atoms. The number of aryl methyl sites for hydroxylation is 1. The second-order valence-electron chi connectivity index (χ2n) is 5.13. The van der Waals surface area contributed by atoms with Crippen LogP contribution in [0.3, 0.4) is 0 Å². The molecule has 0 fully saturated rings. The number of hydrogen-bond donors (Lipinski definition) is 0. The smallest absolute Gasteiger partial charge is 0.0619 e. The Hall–Kier alpha value is -1.99. The Balaban J connectivity index is 2.20. The standard InChI is InChI=1S/C20H19S/c1-16-10-9-15-20(17(16)2)21(18-11-5-3-6-12-18)19-13-7-4-8-14-19/h3-15H,1-2H3/q+1. The minimum Gasteiger partial charge on any atom is -0.0619 e. The van der Waals surface area contributed by atoms with Crippen LogP contribution in [0, 0.1) is 13.8 Å². The highest BCUT2D eigenvalue weighted by atomic mass is 32.2. The average Bonchev–Trinajstić information content (AvgIpc) is 2.54. The van der Waals surface area contributed by atoms with Gasteiger partial charge in [-0.3, -0.25) is 0 Å². The molecule has 104 valence electrons. The van der Waals surface area contributed by atoms with Crippen molar-refractivity contribution in [3.8, 4) is 0 Å². The van der Waals surface area contributed by atoms with Crippen LogP contribution >= 0.6 is 0 Å². The number of benzene rings is 3. The fourth-order valence-corrected chi connectivity index (χ4v) is 4.77. The van der Waals surface area contributed by atoms with Crippen molar-refractivity contribution in [2.24, 2.45) is 0 Å². The largest absolute Gasteiger partial charge is 0.169 e. The summed E-state index contributed by atoms with van der Waals surface area (Å²) < 4.78 is 0. The van der Waals surface area contributed by atoms with E-state index < -0.39 is 0 Å². The monoisotopic (exact) mass is 291 g/mol. The Kier molecular flexibility index (Phi) is 4.12. The molecule has 0 atom stereocenters. The maximum atomic E-state index is 2.27. The molecule has 0 N–H and O–H groups in total. The maximum Gasteiger partial charge on any atom is 0.169 e. The van der Waals surface area contributed by atoms with Gasteiger partial charge >= 0.3 is 0 Å². The van der Waals surface area contributed by atoms with Crippen LogP contribution in [-0.4, -0.2) is 0 Å². The molecular weight excluding hydrogens is 272 g/mol. The first-order chi connectivity index (χ1) is 10.3. The van der Waals surface area contributed by atoms with Crippen molar-refractivity contribution < 1.29 is 0 Å². The van der Waals surface area contributed by atoms with Crippen LogP contribution in [-0.2, 0) is 10.9 Å². The Morgan fingerprint density at radius 3 is 1.62 bits per heavy atom. The van der Waals surface area contributed by atoms with E-state index in [0.29, 0.717) is 0 Å². The third-order valence-electron chi connectivity index (χ3n) is 3.73. The van der Waals surface area contributed by atoms with Gasteiger partial charge in [0.1, 0.15) is 0 Å². The molecule has 0 amide bonds. The van der Waals surface area contributed by atoms with E-state index in [4.69, 9.17) is 0 Å². The predicted octanol–water partition coefficient (Wildman–Crippen LogP) is 5.40. The van der Waals surface area contributed by atoms with Gasteiger partial charge in [0.05, 0.1) is 10.9 Å². The van der Waals surface area contributed by atoms with Gasteiger partial charge in [0.25, 0.3) is 0 Å². The minimum atomic E-state index is -0.0365. The Labute approximate surface area is 129 Å². The molecular formula is C20H19S+. The van der Waals surface area contributed by atoms with Crippen LogP contribution in [0.1, 0.15) is 11.1 Å². The Morgan fingerprint density at radius 1 is 0.571 bits per heavy atom. The highest BCUT2D eigenvalue weighted by Crippen LogP contribution is 2.33. The summed E-state index contributed by atoms with van der Waals surface area (Å²) in [5.74, 6) is 0. The molecule has 1 heteroatoms. The van der Waals surface area contributed by atoms with Crippen LogP contribution in [0.25, 0.3) is 0 Å². The predicted molar refractivity (Wildman–Crippen MR) is 91.0 cm³/mol. The molecule has 0 spiro atoms. The van der Waals surface area contributed by atoms with Crippen molar-refractivity contribution in [1.29, 1.82) is 0 Å². The molecule has 0 unspecified atom stereocenters. The molecule has 0 saturated heterocycles. The summed E-state index contributed by atoms with van der Waals surface area (Å²) >= 11 is 0. The topological polar surface area (TPSA) is 0 Å². The van der Waals surface area contributed by atoms with E-state index in [9.17, 15) is 0 Å². The van der Waals surface area contributed by atoms with Gasteiger partial charge < -0.3 is 0 Å². The van der Waals surface area contributed by atoms with E-state index in [0.717, 1.165) is 0 Å². The highest BCUT2D eigenvalue weighted by molar-refractivity contribution is 7.97. The molecule has 0 saturated carbocycles. The first-order valence-corrected chi connectivity index (χ1v) is 8.40. The quantitative estimate of drug-likeness (QED) is 0.567. The van der Waals surface area contributed by atoms with E-state index >= 15 is 0 Å². The van der Waals surface area contributed by atoms with E-state index in [1.165, 1.54) is 25.8 Å². The van der Waals surface area contributed by atoms with Crippen molar-refractivity contribution in [3.63, 3.8) is 0 Å². The highest BCUT2D eigenvalue weighted by Gasteiger charge is 2.30. The molecule has 0 aromatic heterocycles. The normalized spacial score (nSPS) is 10.8. The van der Waals surface area contributed by atoms with Gasteiger partial charge in [-0.2, -0.15) is 0 Å². The zero-order chi connectivity index (χ0) is 14.7. The van der Waals surface area contributed by atoms with Crippen LogP contribution in [0.15, 0.2) is 93.5 Å². The summed E-state index contributed by atoms with van der Waals surface area (Å²) in [5.41, 5.74) is 2.76. The van der Waals surface area contributed by atoms with E-state index in [1.54, 1.807) is 0 Å². The lowest BCUT2D eigenvalue weighted by Crippen LogP contribution is -2.07. The molecule has 0 nitrogen and oxygen atoms in total. The zero-order valence-corrected chi connectivity index (χ0v) is 13.2. The first-order valence-electron chi connectivity index (χ1n) is 7.18. The lowest BCUT2D eigenvalue weighted by Gasteiger charge is -2.11. The average molecular weight is 291 g/mol. The molecule has 0 aliphatic heterocycles. The summed E-state index contributed by atoms with van der Waals surface area (Å²) in [5, 5.41) is 0. The second-order valence-corrected chi connectivity index (χ2v) is 7.13. The van der Waals surface area contributed by atoms with E-state index in [1.807, 2.05) is 0 Å². The van der Waals surface area contributed by atoms with Gasteiger partial charge in [-0.05, 0) is 49.7 Å². The van der Waals surface area contributed by atoms with E-state index in [-0.39, 0.29) is 10.9 Å². The second kappa shape index (κ2) is 6.19. The molecule has 0 radical (unpaired) electrons. The van der Waals surface area contributed by atoms with Gasteiger partial charge in [0.2, 0.25) is 0 Å². The Morgan fingerprint density at radius 2 is 1.10 bits per heavy atom. The van der Waals surface area contributed by atoms with Crippen LogP contribution < -0.4 is 0 Å². The summed E-state index contributed by atoms with van der Waals surface area (Å²) in [4.78, 5) is 4.17. The van der Waals surface area contributed by atoms with Crippen molar-refractivity contribution in [3.05, 3.63) is 90.0 Å². The van der Waals surface area contributed by atoms with Gasteiger partial charge in [-0.1, -0.05) is 48.5 Å². The van der Waals surface area contributed by atoms with Crippen LogP contribution in [0.2, 0.25) is 0 Å². The lowest BCUT2D eigenvalue weighted by atomic mass is 10.1. The molecule has 0 heterocycles. The van der Waals surface area contributed by atoms with Crippen molar-refractivity contribution in [2.45, 2.75) is 28.5 Å². The Bertz CT molecular complexity index is 678. The summed E-state index contributed by atoms with van der Waals surface area (Å²) in [6.45, 7) is 4.42. The van der Waals surface area contributed by atoms with E-state index in [2.05, 4.69) is 92.7 Å². The zero-order valence-electron chi connectivity index (χ0n) is 12.4. The molecule has 21 heavy (non-hydrogen) atoms. The molecule has 0 aliphatic rings. The molecule has 3 rings (SSSR count). The number of hydrogen-bond acceptors (Lipinski definition) is 0. The van der Waals surface area contributed by atoms with Crippen LogP contribution in [0.5, 0.6) is 0 Å². The van der Waals surface area contributed by atoms with Crippen molar-refractivity contribution in [1.82, 2.24) is 0 Å². The van der Waals surface area contributed by atoms with Gasteiger partial charge in [0, 0.05) is 5.56 Å². The van der Waals surface area contributed by atoms with Crippen molar-refractivity contribution >= 4 is 10.9 Å². The third kappa shape index (κ3) is 2.88. The molecule has 3 aromatic carbocycles. The maximum absolute atomic E-state index is 2.27. The van der Waals surface area contributed by atoms with Gasteiger partial charge in [-0.15, -0.1) is 0 Å². The lowest BCUT2D eigenvalue weighted by molar-refractivity contribution is 1.20. The summed E-state index contributed by atoms with van der Waals surface area (Å²) in [6.07, 6.45) is 0. The molecule has 3 aromatic rings. The summed E-state index contributed by atoms with van der Waals surface area (Å²) in [7, 11) is -0.0365. The first kappa shape index (κ1) is 14.0.